The summed E-state index contributed by atoms with van der Waals surface area (Å²) in [5.41, 5.74) is 0.507. The summed E-state index contributed by atoms with van der Waals surface area (Å²) < 4.78 is 24.8. The quantitative estimate of drug-likeness (QED) is 0.637. The maximum absolute atomic E-state index is 13.6. The summed E-state index contributed by atoms with van der Waals surface area (Å²) in [5.74, 6) is 0.433. The van der Waals surface area contributed by atoms with Crippen molar-refractivity contribution in [1.82, 2.24) is 9.80 Å². The van der Waals surface area contributed by atoms with Gasteiger partial charge in [0.1, 0.15) is 18.2 Å². The van der Waals surface area contributed by atoms with Crippen molar-refractivity contribution >= 4 is 11.6 Å². The van der Waals surface area contributed by atoms with Crippen molar-refractivity contribution in [1.29, 1.82) is 0 Å². The smallest absolute Gasteiger partial charge is 0.137 e. The van der Waals surface area contributed by atoms with Gasteiger partial charge in [-0.15, -0.1) is 0 Å². The van der Waals surface area contributed by atoms with Crippen LogP contribution >= 0.6 is 11.6 Å². The van der Waals surface area contributed by atoms with Gasteiger partial charge in [0, 0.05) is 44.8 Å². The summed E-state index contributed by atoms with van der Waals surface area (Å²) in [4.78, 5) is 4.57. The Bertz CT molecular complexity index is 756. The molecular weight excluding hydrogens is 395 g/mol. The van der Waals surface area contributed by atoms with E-state index in [2.05, 4.69) is 9.80 Å². The van der Waals surface area contributed by atoms with Crippen LogP contribution in [0.3, 0.4) is 0 Å². The molecular formula is C22H28ClFN2O3. The molecule has 0 aromatic heterocycles. The monoisotopic (exact) mass is 422 g/mol. The van der Waals surface area contributed by atoms with Crippen molar-refractivity contribution in [2.24, 2.45) is 0 Å². The minimum atomic E-state index is -0.586. The first kappa shape index (κ1) is 22.0. The number of aliphatic hydroxyl groups is 1. The van der Waals surface area contributed by atoms with Gasteiger partial charge in [0.05, 0.1) is 24.3 Å². The fourth-order valence-corrected chi connectivity index (χ4v) is 3.50. The topological polar surface area (TPSA) is 45.2 Å². The van der Waals surface area contributed by atoms with E-state index in [1.165, 1.54) is 6.07 Å². The normalized spacial score (nSPS) is 16.7. The number of hydrogen-bond acceptors (Lipinski definition) is 5. The number of aliphatic hydroxyl groups excluding tert-OH is 1. The highest BCUT2D eigenvalue weighted by atomic mass is 35.5. The molecule has 1 fully saturated rings. The lowest BCUT2D eigenvalue weighted by Crippen LogP contribution is -2.49. The Morgan fingerprint density at radius 1 is 1.00 bits per heavy atom. The first-order valence-electron chi connectivity index (χ1n) is 9.93. The average Bonchev–Trinajstić information content (AvgIpc) is 2.72. The largest absolute Gasteiger partial charge is 0.491 e. The number of para-hydroxylation sites is 1. The number of benzene rings is 2. The summed E-state index contributed by atoms with van der Waals surface area (Å²) in [6, 6.07) is 14.0. The fourth-order valence-electron chi connectivity index (χ4n) is 3.31. The molecule has 1 saturated heterocycles. The van der Waals surface area contributed by atoms with Crippen molar-refractivity contribution in [3.05, 3.63) is 64.9 Å². The van der Waals surface area contributed by atoms with Crippen LogP contribution in [0.25, 0.3) is 0 Å². The Morgan fingerprint density at radius 3 is 2.45 bits per heavy atom. The Kier molecular flexibility index (Phi) is 8.70. The number of ether oxygens (including phenoxy) is 2. The molecule has 1 N–H and O–H groups in total. The lowest BCUT2D eigenvalue weighted by molar-refractivity contribution is 0.000123. The predicted molar refractivity (Wildman–Crippen MR) is 112 cm³/mol. The van der Waals surface area contributed by atoms with Crippen LogP contribution in [0.1, 0.15) is 5.56 Å². The third-order valence-electron chi connectivity index (χ3n) is 4.96. The van der Waals surface area contributed by atoms with Crippen molar-refractivity contribution in [3.8, 4) is 5.75 Å². The van der Waals surface area contributed by atoms with Crippen LogP contribution in [-0.4, -0.2) is 73.5 Å². The van der Waals surface area contributed by atoms with Gasteiger partial charge in [-0.25, -0.2) is 4.39 Å². The van der Waals surface area contributed by atoms with Gasteiger partial charge in [-0.2, -0.15) is 0 Å². The lowest BCUT2D eigenvalue weighted by atomic mass is 10.2. The summed E-state index contributed by atoms with van der Waals surface area (Å²) in [6.07, 6.45) is -0.586. The minimum absolute atomic E-state index is 0.170. The summed E-state index contributed by atoms with van der Waals surface area (Å²) in [7, 11) is 0. The maximum atomic E-state index is 13.6. The van der Waals surface area contributed by atoms with E-state index in [0.29, 0.717) is 29.5 Å². The number of rotatable bonds is 10. The molecule has 1 heterocycles. The molecule has 0 aliphatic carbocycles. The summed E-state index contributed by atoms with van der Waals surface area (Å²) in [5, 5.41) is 10.8. The van der Waals surface area contributed by atoms with Gasteiger partial charge < -0.3 is 14.6 Å². The van der Waals surface area contributed by atoms with E-state index in [9.17, 15) is 9.50 Å². The van der Waals surface area contributed by atoms with Gasteiger partial charge in [0.2, 0.25) is 0 Å². The van der Waals surface area contributed by atoms with Crippen LogP contribution in [0.5, 0.6) is 5.75 Å². The predicted octanol–water partition coefficient (Wildman–Crippen LogP) is 3.05. The van der Waals surface area contributed by atoms with Gasteiger partial charge in [0.15, 0.2) is 0 Å². The molecule has 0 bridgehead atoms. The third-order valence-corrected chi connectivity index (χ3v) is 5.27. The summed E-state index contributed by atoms with van der Waals surface area (Å²) >= 11 is 6.09. The van der Waals surface area contributed by atoms with Gasteiger partial charge in [-0.05, 0) is 18.2 Å². The molecule has 0 spiro atoms. The summed E-state index contributed by atoms with van der Waals surface area (Å²) in [6.45, 7) is 5.98. The van der Waals surface area contributed by atoms with Gasteiger partial charge in [-0.1, -0.05) is 41.9 Å². The van der Waals surface area contributed by atoms with Crippen LogP contribution < -0.4 is 4.74 Å². The van der Waals surface area contributed by atoms with E-state index < -0.39 is 6.10 Å². The number of nitrogens with zero attached hydrogens (tertiary/aromatic N) is 2. The molecule has 0 radical (unpaired) electrons. The Morgan fingerprint density at radius 2 is 1.69 bits per heavy atom. The van der Waals surface area contributed by atoms with Crippen LogP contribution in [0.15, 0.2) is 48.5 Å². The lowest BCUT2D eigenvalue weighted by Gasteiger charge is -2.35. The number of hydrogen-bond donors (Lipinski definition) is 1. The molecule has 5 nitrogen and oxygen atoms in total. The van der Waals surface area contributed by atoms with E-state index in [1.54, 1.807) is 18.2 Å². The van der Waals surface area contributed by atoms with E-state index in [-0.39, 0.29) is 19.0 Å². The van der Waals surface area contributed by atoms with Crippen LogP contribution in [0, 0.1) is 5.82 Å². The molecule has 3 rings (SSSR count). The zero-order valence-electron chi connectivity index (χ0n) is 16.5. The molecule has 0 saturated carbocycles. The van der Waals surface area contributed by atoms with E-state index in [1.807, 2.05) is 24.3 Å². The molecule has 2 aromatic carbocycles. The number of β-amino-alcohol motifs (C(OH)–C–C–N with tert-alkyl or cyclic N) is 1. The SMILES string of the molecule is OC(COCc1ccccc1F)CN1CCN(CCOc2ccccc2Cl)CC1. The molecule has 7 heteroatoms. The second-order valence-electron chi connectivity index (χ2n) is 7.18. The number of piperazine rings is 1. The van der Waals surface area contributed by atoms with Gasteiger partial charge in [0.25, 0.3) is 0 Å². The van der Waals surface area contributed by atoms with E-state index in [0.717, 1.165) is 32.7 Å². The van der Waals surface area contributed by atoms with Crippen LogP contribution in [-0.2, 0) is 11.3 Å². The average molecular weight is 423 g/mol. The van der Waals surface area contributed by atoms with Gasteiger partial charge >= 0.3 is 0 Å². The van der Waals surface area contributed by atoms with Crippen molar-refractivity contribution in [2.45, 2.75) is 12.7 Å². The minimum Gasteiger partial charge on any atom is -0.491 e. The van der Waals surface area contributed by atoms with Crippen LogP contribution in [0.2, 0.25) is 5.02 Å². The van der Waals surface area contributed by atoms with Crippen molar-refractivity contribution in [2.75, 3.05) is 52.5 Å². The third kappa shape index (κ3) is 7.24. The van der Waals surface area contributed by atoms with E-state index in [4.69, 9.17) is 21.1 Å². The molecule has 1 aliphatic rings. The Balaban J connectivity index is 1.28. The second-order valence-corrected chi connectivity index (χ2v) is 7.59. The molecule has 1 atom stereocenters. The molecule has 2 aromatic rings. The van der Waals surface area contributed by atoms with Crippen LogP contribution in [0.4, 0.5) is 4.39 Å². The van der Waals surface area contributed by atoms with Crippen molar-refractivity contribution in [3.63, 3.8) is 0 Å². The van der Waals surface area contributed by atoms with Gasteiger partial charge in [-0.3, -0.25) is 9.80 Å². The molecule has 158 valence electrons. The molecule has 1 aliphatic heterocycles. The van der Waals surface area contributed by atoms with Crippen molar-refractivity contribution < 1.29 is 19.0 Å². The fraction of sp³-hybridized carbons (Fsp3) is 0.455. The maximum Gasteiger partial charge on any atom is 0.137 e. The second kappa shape index (κ2) is 11.5. The zero-order chi connectivity index (χ0) is 20.5. The molecule has 1 unspecified atom stereocenters. The Hall–Kier alpha value is -1.70. The number of halogens is 2. The molecule has 0 amide bonds. The highest BCUT2D eigenvalue weighted by Crippen LogP contribution is 2.22. The zero-order valence-corrected chi connectivity index (χ0v) is 17.2. The van der Waals surface area contributed by atoms with E-state index >= 15 is 0 Å². The highest BCUT2D eigenvalue weighted by Gasteiger charge is 2.19. The molecule has 29 heavy (non-hydrogen) atoms. The Labute approximate surface area is 176 Å². The highest BCUT2D eigenvalue weighted by molar-refractivity contribution is 6.32. The standard InChI is InChI=1S/C22H28ClFN2O3/c23-20-6-2-4-8-22(20)29-14-13-25-9-11-26(12-10-25)15-19(27)17-28-16-18-5-1-3-7-21(18)24/h1-8,19,27H,9-17H2. The first-order valence-corrected chi connectivity index (χ1v) is 10.3. The first-order chi connectivity index (χ1) is 14.1.